The van der Waals surface area contributed by atoms with Crippen molar-refractivity contribution < 1.29 is 4.79 Å². The molecule has 0 aliphatic heterocycles. The molecule has 0 fully saturated rings. The number of amides is 1. The van der Waals surface area contributed by atoms with Crippen LogP contribution in [0.1, 0.15) is 10.4 Å². The van der Waals surface area contributed by atoms with Gasteiger partial charge in [-0.05, 0) is 23.3 Å². The summed E-state index contributed by atoms with van der Waals surface area (Å²) in [6.07, 6.45) is 1.77. The highest BCUT2D eigenvalue weighted by molar-refractivity contribution is 6.01. The maximum absolute atomic E-state index is 11.6. The predicted molar refractivity (Wildman–Crippen MR) is 78.0 cm³/mol. The Morgan fingerprint density at radius 2 is 1.55 bits per heavy atom. The van der Waals surface area contributed by atoms with E-state index in [1.807, 2.05) is 42.5 Å². The molecule has 0 aliphatic rings. The van der Waals surface area contributed by atoms with Crippen LogP contribution in [0, 0.1) is 0 Å². The third-order valence-electron chi connectivity index (χ3n) is 3.19. The van der Waals surface area contributed by atoms with Crippen LogP contribution in [-0.2, 0) is 0 Å². The number of carbonyl (C=O) groups excluding carboxylic acids is 1. The van der Waals surface area contributed by atoms with Gasteiger partial charge in [0.05, 0.1) is 5.69 Å². The lowest BCUT2D eigenvalue weighted by atomic mass is 9.94. The molecular formula is C16H13N3O. The number of benzene rings is 2. The third-order valence-corrected chi connectivity index (χ3v) is 3.19. The molecule has 3 N–H and O–H groups in total. The number of H-pyrrole nitrogens is 1. The lowest BCUT2D eigenvalue weighted by Crippen LogP contribution is -2.12. The van der Waals surface area contributed by atoms with Gasteiger partial charge in [-0.25, -0.2) is 0 Å². The van der Waals surface area contributed by atoms with E-state index in [0.717, 1.165) is 22.4 Å². The first-order valence-corrected chi connectivity index (χ1v) is 6.26. The number of nitrogens with one attached hydrogen (secondary N) is 1. The van der Waals surface area contributed by atoms with Crippen molar-refractivity contribution in [2.45, 2.75) is 0 Å². The van der Waals surface area contributed by atoms with Crippen molar-refractivity contribution in [1.82, 2.24) is 10.2 Å². The summed E-state index contributed by atoms with van der Waals surface area (Å²) in [5, 5.41) is 7.01. The van der Waals surface area contributed by atoms with Gasteiger partial charge < -0.3 is 5.73 Å². The van der Waals surface area contributed by atoms with Crippen molar-refractivity contribution in [3.63, 3.8) is 0 Å². The second kappa shape index (κ2) is 5.01. The van der Waals surface area contributed by atoms with Crippen LogP contribution in [0.5, 0.6) is 0 Å². The number of carbonyl (C=O) groups is 1. The molecule has 3 rings (SSSR count). The zero-order chi connectivity index (χ0) is 13.9. The summed E-state index contributed by atoms with van der Waals surface area (Å²) < 4.78 is 0. The number of nitrogens with two attached hydrogens (primary N) is 1. The molecule has 0 radical (unpaired) electrons. The molecule has 98 valence electrons. The molecule has 0 saturated carbocycles. The smallest absolute Gasteiger partial charge is 0.249 e. The van der Waals surface area contributed by atoms with Gasteiger partial charge in [0.2, 0.25) is 5.91 Å². The maximum atomic E-state index is 11.6. The fraction of sp³-hybridized carbons (Fsp3) is 0. The summed E-state index contributed by atoms with van der Waals surface area (Å²) >= 11 is 0. The Balaban J connectivity index is 2.24. The second-order valence-electron chi connectivity index (χ2n) is 4.41. The van der Waals surface area contributed by atoms with E-state index in [-0.39, 0.29) is 0 Å². The van der Waals surface area contributed by atoms with Gasteiger partial charge in [-0.1, -0.05) is 42.5 Å². The molecule has 0 bridgehead atoms. The summed E-state index contributed by atoms with van der Waals surface area (Å²) in [4.78, 5) is 11.6. The van der Waals surface area contributed by atoms with Gasteiger partial charge in [0.1, 0.15) is 0 Å². The highest BCUT2D eigenvalue weighted by Gasteiger charge is 2.13. The van der Waals surface area contributed by atoms with E-state index >= 15 is 0 Å². The topological polar surface area (TPSA) is 71.8 Å². The van der Waals surface area contributed by atoms with Crippen molar-refractivity contribution in [2.75, 3.05) is 0 Å². The monoisotopic (exact) mass is 263 g/mol. The Hall–Kier alpha value is -2.88. The summed E-state index contributed by atoms with van der Waals surface area (Å²) in [5.74, 6) is -0.433. The molecule has 1 amide bonds. The van der Waals surface area contributed by atoms with Crippen molar-refractivity contribution in [1.29, 1.82) is 0 Å². The molecule has 2 aromatic carbocycles. The average Bonchev–Trinajstić information content (AvgIpc) is 3.01. The number of hydrogen-bond donors (Lipinski definition) is 2. The van der Waals surface area contributed by atoms with Crippen LogP contribution in [0.15, 0.2) is 60.8 Å². The number of aromatic nitrogens is 2. The highest BCUT2D eigenvalue weighted by atomic mass is 16.1. The number of primary amides is 1. The molecular weight excluding hydrogens is 250 g/mol. The van der Waals surface area contributed by atoms with E-state index in [9.17, 15) is 4.79 Å². The highest BCUT2D eigenvalue weighted by Crippen LogP contribution is 2.32. The molecule has 0 unspecified atom stereocenters. The van der Waals surface area contributed by atoms with E-state index in [4.69, 9.17) is 5.73 Å². The van der Waals surface area contributed by atoms with Crippen LogP contribution in [0.3, 0.4) is 0 Å². The summed E-state index contributed by atoms with van der Waals surface area (Å²) in [7, 11) is 0. The minimum atomic E-state index is -0.433. The third kappa shape index (κ3) is 2.07. The second-order valence-corrected chi connectivity index (χ2v) is 4.41. The molecule has 4 heteroatoms. The van der Waals surface area contributed by atoms with Crippen LogP contribution in [-0.4, -0.2) is 16.1 Å². The predicted octanol–water partition coefficient (Wildman–Crippen LogP) is 2.84. The summed E-state index contributed by atoms with van der Waals surface area (Å²) in [5.41, 5.74) is 9.52. The Labute approximate surface area is 116 Å². The van der Waals surface area contributed by atoms with Gasteiger partial charge in [0.15, 0.2) is 0 Å². The van der Waals surface area contributed by atoms with E-state index in [1.54, 1.807) is 18.3 Å². The lowest BCUT2D eigenvalue weighted by Gasteiger charge is -2.10. The number of aromatic amines is 1. The Kier molecular flexibility index (Phi) is 3.05. The lowest BCUT2D eigenvalue weighted by molar-refractivity contribution is 0.100. The molecule has 1 aromatic heterocycles. The van der Waals surface area contributed by atoms with Gasteiger partial charge in [0, 0.05) is 17.3 Å². The van der Waals surface area contributed by atoms with Crippen LogP contribution in [0.25, 0.3) is 22.4 Å². The number of nitrogens with zero attached hydrogens (tertiary/aromatic N) is 1. The fourth-order valence-electron chi connectivity index (χ4n) is 2.28. The first kappa shape index (κ1) is 12.2. The van der Waals surface area contributed by atoms with Crippen LogP contribution in [0.2, 0.25) is 0 Å². The molecule has 0 spiro atoms. The van der Waals surface area contributed by atoms with Crippen LogP contribution < -0.4 is 5.73 Å². The summed E-state index contributed by atoms with van der Waals surface area (Å²) in [6.45, 7) is 0. The van der Waals surface area contributed by atoms with Crippen molar-refractivity contribution >= 4 is 5.91 Å². The normalized spacial score (nSPS) is 10.4. The van der Waals surface area contributed by atoms with Gasteiger partial charge in [0.25, 0.3) is 0 Å². The number of rotatable bonds is 3. The van der Waals surface area contributed by atoms with E-state index < -0.39 is 5.91 Å². The quantitative estimate of drug-likeness (QED) is 0.762. The van der Waals surface area contributed by atoms with Crippen molar-refractivity contribution in [3.8, 4) is 22.4 Å². The minimum Gasteiger partial charge on any atom is -0.366 e. The largest absolute Gasteiger partial charge is 0.366 e. The zero-order valence-corrected chi connectivity index (χ0v) is 10.7. The van der Waals surface area contributed by atoms with Gasteiger partial charge in [-0.15, -0.1) is 0 Å². The maximum Gasteiger partial charge on any atom is 0.249 e. The van der Waals surface area contributed by atoms with Crippen LogP contribution in [0.4, 0.5) is 0 Å². The van der Waals surface area contributed by atoms with Gasteiger partial charge in [-0.2, -0.15) is 5.10 Å². The number of hydrogen-bond acceptors (Lipinski definition) is 2. The molecule has 4 nitrogen and oxygen atoms in total. The van der Waals surface area contributed by atoms with E-state index in [0.29, 0.717) is 5.56 Å². The van der Waals surface area contributed by atoms with Crippen LogP contribution >= 0.6 is 0 Å². The molecule has 0 aliphatic carbocycles. The molecule has 3 aromatic rings. The van der Waals surface area contributed by atoms with Gasteiger partial charge in [-0.3, -0.25) is 9.89 Å². The molecule has 0 atom stereocenters. The zero-order valence-electron chi connectivity index (χ0n) is 10.7. The average molecular weight is 263 g/mol. The fourth-order valence-corrected chi connectivity index (χ4v) is 2.28. The van der Waals surface area contributed by atoms with E-state index in [1.165, 1.54) is 0 Å². The first-order valence-electron chi connectivity index (χ1n) is 6.26. The van der Waals surface area contributed by atoms with Gasteiger partial charge >= 0.3 is 0 Å². The Morgan fingerprint density at radius 3 is 2.20 bits per heavy atom. The Morgan fingerprint density at radius 1 is 0.900 bits per heavy atom. The van der Waals surface area contributed by atoms with Crippen molar-refractivity contribution in [3.05, 3.63) is 66.4 Å². The van der Waals surface area contributed by atoms with Crippen molar-refractivity contribution in [2.24, 2.45) is 5.73 Å². The molecule has 1 heterocycles. The SMILES string of the molecule is NC(=O)c1ccccc1-c1ccccc1-c1cc[nH]n1. The van der Waals surface area contributed by atoms with E-state index in [2.05, 4.69) is 10.2 Å². The molecule has 0 saturated heterocycles. The first-order chi connectivity index (χ1) is 9.77. The summed E-state index contributed by atoms with van der Waals surface area (Å²) in [6, 6.07) is 17.0. The Bertz CT molecular complexity index is 748. The minimum absolute atomic E-state index is 0.433. The standard InChI is InChI=1S/C16H13N3O/c17-16(20)14-8-4-2-6-12(14)11-5-1-3-7-13(11)15-9-10-18-19-15/h1-10H,(H2,17,20)(H,18,19). The molecule has 20 heavy (non-hydrogen) atoms.